The van der Waals surface area contributed by atoms with Crippen LogP contribution in [0.15, 0.2) is 94.4 Å². The van der Waals surface area contributed by atoms with Crippen molar-refractivity contribution < 1.29 is 23.1 Å². The number of imidazole rings is 1. The smallest absolute Gasteiger partial charge is 0.165 e. The zero-order chi connectivity index (χ0) is 45.7. The van der Waals surface area contributed by atoms with Crippen molar-refractivity contribution in [3.63, 3.8) is 0 Å². The summed E-state index contributed by atoms with van der Waals surface area (Å²) >= 11 is 1.62. The molecule has 4 aromatic carbocycles. The van der Waals surface area contributed by atoms with Crippen LogP contribution < -0.4 is 10.1 Å². The molecule has 0 aliphatic carbocycles. The van der Waals surface area contributed by atoms with Gasteiger partial charge in [0.25, 0.3) is 0 Å². The topological polar surface area (TPSA) is 135 Å². The first-order chi connectivity index (χ1) is 32.9. The summed E-state index contributed by atoms with van der Waals surface area (Å²) in [7, 11) is 0. The van der Waals surface area contributed by atoms with Crippen LogP contribution >= 0.6 is 11.3 Å². The van der Waals surface area contributed by atoms with E-state index in [1.54, 1.807) is 28.2 Å². The van der Waals surface area contributed by atoms with Gasteiger partial charge in [-0.25, -0.2) is 19.0 Å². The summed E-state index contributed by atoms with van der Waals surface area (Å²) in [6, 6.07) is 24.9. The predicted molar refractivity (Wildman–Crippen MR) is 259 cm³/mol. The first-order valence-corrected chi connectivity index (χ1v) is 24.1. The van der Waals surface area contributed by atoms with Crippen molar-refractivity contribution in [2.45, 2.75) is 66.4 Å². The minimum absolute atomic E-state index is 0.0997. The Morgan fingerprint density at radius 1 is 0.836 bits per heavy atom. The van der Waals surface area contributed by atoms with Crippen molar-refractivity contribution in [2.75, 3.05) is 52.6 Å². The Bertz CT molecular complexity index is 3090. The molecule has 9 aromatic rings. The molecule has 0 bridgehead atoms. The lowest BCUT2D eigenvalue weighted by molar-refractivity contribution is 0.0364. The number of nitrogens with zero attached hydrogens (tertiary/aromatic N) is 9. The molecule has 6 heterocycles. The van der Waals surface area contributed by atoms with E-state index in [0.29, 0.717) is 38.3 Å². The fraction of sp³-hybridized carbons (Fsp3) is 0.353. The molecule has 14 nitrogen and oxygen atoms in total. The van der Waals surface area contributed by atoms with E-state index in [2.05, 4.69) is 107 Å². The van der Waals surface area contributed by atoms with Gasteiger partial charge in [-0.05, 0) is 86.3 Å². The lowest BCUT2D eigenvalue weighted by Crippen LogP contribution is -2.38. The second-order valence-corrected chi connectivity index (χ2v) is 17.8. The van der Waals surface area contributed by atoms with Gasteiger partial charge >= 0.3 is 0 Å². The third-order valence-corrected chi connectivity index (χ3v) is 13.3. The predicted octanol–water partition coefficient (Wildman–Crippen LogP) is 8.79. The number of nitrogens with one attached hydrogen (secondary N) is 1. The van der Waals surface area contributed by atoms with E-state index in [4.69, 9.17) is 23.7 Å². The fourth-order valence-electron chi connectivity index (χ4n) is 9.22. The summed E-state index contributed by atoms with van der Waals surface area (Å²) in [5, 5.41) is 20.7. The second kappa shape index (κ2) is 20.3. The first-order valence-electron chi connectivity index (χ1n) is 23.1. The van der Waals surface area contributed by atoms with Crippen LogP contribution in [0, 0.1) is 19.7 Å². The van der Waals surface area contributed by atoms with Crippen molar-refractivity contribution >= 4 is 44.2 Å². The second-order valence-electron chi connectivity index (χ2n) is 17.1. The molecule has 1 aliphatic rings. The normalized spacial score (nSPS) is 13.5. The molecule has 0 atom stereocenters. The SMILES string of the molecule is CCn1c2ccc(CNCCOCCn3cc(COc4ccc(CCc5nc6cc(-c7c(C)noc7C)ccc6n5CCN5CCOCC5)cc4F)nn3)cc2c2ccc(-c3cscn3)cc21. The maximum Gasteiger partial charge on any atom is 0.165 e. The number of hydrogen-bond donors (Lipinski definition) is 1. The minimum atomic E-state index is -0.414. The molecule has 1 aliphatic heterocycles. The number of morpholine rings is 1. The van der Waals surface area contributed by atoms with Crippen LogP contribution in [0.2, 0.25) is 0 Å². The van der Waals surface area contributed by atoms with Gasteiger partial charge in [0.2, 0.25) is 0 Å². The molecule has 67 heavy (non-hydrogen) atoms. The molecule has 346 valence electrons. The number of halogens is 1. The van der Waals surface area contributed by atoms with Crippen LogP contribution in [0.3, 0.4) is 0 Å². The van der Waals surface area contributed by atoms with E-state index in [9.17, 15) is 0 Å². The zero-order valence-corrected chi connectivity index (χ0v) is 39.0. The maximum absolute atomic E-state index is 15.4. The average Bonchev–Trinajstić information content (AvgIpc) is 4.21. The number of aromatic nitrogens is 8. The lowest BCUT2D eigenvalue weighted by atomic mass is 10.0. The lowest BCUT2D eigenvalue weighted by Gasteiger charge is -2.27. The zero-order valence-electron chi connectivity index (χ0n) is 38.2. The van der Waals surface area contributed by atoms with Gasteiger partial charge in [-0.3, -0.25) is 4.90 Å². The number of benzene rings is 4. The number of thiazole rings is 1. The van der Waals surface area contributed by atoms with Gasteiger partial charge in [0.05, 0.1) is 67.1 Å². The van der Waals surface area contributed by atoms with E-state index in [1.807, 2.05) is 31.6 Å². The molecule has 0 radical (unpaired) electrons. The van der Waals surface area contributed by atoms with Gasteiger partial charge in [0.1, 0.15) is 23.9 Å². The molecule has 1 saturated heterocycles. The molecule has 0 saturated carbocycles. The molecule has 0 unspecified atom stereocenters. The van der Waals surface area contributed by atoms with E-state index >= 15 is 4.39 Å². The Morgan fingerprint density at radius 2 is 1.70 bits per heavy atom. The van der Waals surface area contributed by atoms with Crippen molar-refractivity contribution in [2.24, 2.45) is 0 Å². The van der Waals surface area contributed by atoms with Crippen molar-refractivity contribution in [1.82, 2.24) is 49.5 Å². The Balaban J connectivity index is 0.683. The van der Waals surface area contributed by atoms with Crippen molar-refractivity contribution in [3.8, 4) is 28.1 Å². The highest BCUT2D eigenvalue weighted by molar-refractivity contribution is 7.07. The highest BCUT2D eigenvalue weighted by atomic mass is 32.1. The summed E-state index contributed by atoms with van der Waals surface area (Å²) in [4.78, 5) is 12.1. The number of ether oxygens (including phenoxy) is 3. The highest BCUT2D eigenvalue weighted by Gasteiger charge is 2.19. The van der Waals surface area contributed by atoms with Crippen LogP contribution in [-0.4, -0.2) is 96.8 Å². The number of rotatable bonds is 20. The molecular weight excluding hydrogens is 868 g/mol. The molecule has 1 N–H and O–H groups in total. The molecule has 5 aromatic heterocycles. The summed E-state index contributed by atoms with van der Waals surface area (Å²) in [6.07, 6.45) is 3.09. The number of aryl methyl sites for hydroxylation is 5. The molecule has 10 rings (SSSR count). The van der Waals surface area contributed by atoms with Gasteiger partial charge in [-0.15, -0.1) is 16.4 Å². The first kappa shape index (κ1) is 44.5. The third-order valence-electron chi connectivity index (χ3n) is 12.7. The van der Waals surface area contributed by atoms with Gasteiger partial charge in [0, 0.05) is 90.5 Å². The number of fused-ring (bicyclic) bond motifs is 4. The van der Waals surface area contributed by atoms with Gasteiger partial charge in [-0.1, -0.05) is 40.7 Å². The Kier molecular flexibility index (Phi) is 13.5. The van der Waals surface area contributed by atoms with E-state index in [0.717, 1.165) is 115 Å². The summed E-state index contributed by atoms with van der Waals surface area (Å²) < 4.78 is 44.6. The minimum Gasteiger partial charge on any atom is -0.484 e. The highest BCUT2D eigenvalue weighted by Crippen LogP contribution is 2.34. The molecule has 0 spiro atoms. The van der Waals surface area contributed by atoms with Crippen molar-refractivity contribution in [1.29, 1.82) is 0 Å². The van der Waals surface area contributed by atoms with Crippen molar-refractivity contribution in [3.05, 3.63) is 130 Å². The monoisotopic (exact) mass is 922 g/mol. The maximum atomic E-state index is 15.4. The van der Waals surface area contributed by atoms with Crippen LogP contribution in [0.25, 0.3) is 55.2 Å². The fourth-order valence-corrected chi connectivity index (χ4v) is 9.79. The third kappa shape index (κ3) is 9.90. The van der Waals surface area contributed by atoms with Crippen LogP contribution in [0.5, 0.6) is 5.75 Å². The van der Waals surface area contributed by atoms with E-state index in [-0.39, 0.29) is 12.4 Å². The number of hydrogen-bond acceptors (Lipinski definition) is 12. The standard InChI is InChI=1S/C51H55FN10O4S/c1-4-61-46-11-5-37(25-42(46)41-10-8-38(28-48(41)61)45-32-67-33-54-45)29-53-15-21-63-24-20-60-30-40(56-58-60)31-65-49-13-6-36(26-43(49)52)7-14-50-55-44-27-39(51-34(2)57-66-35(51)3)9-12-47(44)62(50)17-16-59-18-22-64-23-19-59/h5-6,8-13,25-28,30,32-33,53H,4,7,14-24,29,31H2,1-3H3. The van der Waals surface area contributed by atoms with Crippen LogP contribution in [0.1, 0.15) is 41.0 Å². The quantitative estimate of drug-likeness (QED) is 0.0736. The summed E-state index contributed by atoms with van der Waals surface area (Å²) in [5.74, 6) is 1.51. The summed E-state index contributed by atoms with van der Waals surface area (Å²) in [5.41, 5.74) is 14.1. The van der Waals surface area contributed by atoms with Gasteiger partial charge in [0.15, 0.2) is 11.6 Å². The summed E-state index contributed by atoms with van der Waals surface area (Å²) in [6.45, 7) is 15.2. The molecule has 0 amide bonds. The average molecular weight is 923 g/mol. The largest absolute Gasteiger partial charge is 0.484 e. The van der Waals surface area contributed by atoms with Gasteiger partial charge < -0.3 is 33.2 Å². The van der Waals surface area contributed by atoms with Crippen LogP contribution in [-0.2, 0) is 55.1 Å². The molecule has 1 fully saturated rings. The molecule has 16 heteroatoms. The molecular formula is C51H55FN10O4S. The Morgan fingerprint density at radius 3 is 2.52 bits per heavy atom. The van der Waals surface area contributed by atoms with E-state index in [1.165, 1.54) is 27.4 Å². The Labute approximate surface area is 392 Å². The van der Waals surface area contributed by atoms with Crippen LogP contribution in [0.4, 0.5) is 4.39 Å². The van der Waals surface area contributed by atoms with E-state index < -0.39 is 5.82 Å². The van der Waals surface area contributed by atoms with Gasteiger partial charge in [-0.2, -0.15) is 0 Å². The Hall–Kier alpha value is -6.30.